The van der Waals surface area contributed by atoms with Gasteiger partial charge in [-0.3, -0.25) is 0 Å². The van der Waals surface area contributed by atoms with Gasteiger partial charge in [-0.15, -0.1) is 0 Å². The van der Waals surface area contributed by atoms with E-state index in [1.54, 1.807) is 6.92 Å². The maximum Gasteiger partial charge on any atom is 0.326 e. The molecule has 0 aliphatic heterocycles. The van der Waals surface area contributed by atoms with Crippen LogP contribution in [0.5, 0.6) is 0 Å². The van der Waals surface area contributed by atoms with Gasteiger partial charge in [-0.2, -0.15) is 0 Å². The Morgan fingerprint density at radius 2 is 2.00 bits per heavy atom. The Hall–Kier alpha value is -1.65. The number of carboxylic acids is 1. The molecule has 0 bridgehead atoms. The normalized spacial score (nSPS) is 12.2. The maximum atomic E-state index is 13.2. The third-order valence-electron chi connectivity index (χ3n) is 2.16. The Kier molecular flexibility index (Phi) is 4.22. The van der Waals surface area contributed by atoms with Gasteiger partial charge in [0, 0.05) is 0 Å². The van der Waals surface area contributed by atoms with Gasteiger partial charge in [-0.25, -0.2) is 13.6 Å². The van der Waals surface area contributed by atoms with Crippen molar-refractivity contribution in [3.05, 3.63) is 29.8 Å². The lowest BCUT2D eigenvalue weighted by Gasteiger charge is -2.15. The van der Waals surface area contributed by atoms with Crippen molar-refractivity contribution in [3.8, 4) is 0 Å². The zero-order chi connectivity index (χ0) is 12.1. The van der Waals surface area contributed by atoms with Crippen LogP contribution in [-0.4, -0.2) is 17.1 Å². The van der Waals surface area contributed by atoms with Crippen molar-refractivity contribution in [1.82, 2.24) is 0 Å². The summed E-state index contributed by atoms with van der Waals surface area (Å²) in [5.74, 6) is -2.70. The van der Waals surface area contributed by atoms with Gasteiger partial charge >= 0.3 is 5.97 Å². The molecule has 0 fully saturated rings. The SMILES string of the molecule is CCCC(Nc1c(F)cccc1F)C(=O)O. The number of carboxylic acid groups (broad SMARTS) is 1. The summed E-state index contributed by atoms with van der Waals surface area (Å²) in [6, 6.07) is 2.41. The second kappa shape index (κ2) is 5.44. The third-order valence-corrected chi connectivity index (χ3v) is 2.16. The first kappa shape index (κ1) is 12.4. The lowest BCUT2D eigenvalue weighted by atomic mass is 10.1. The highest BCUT2D eigenvalue weighted by molar-refractivity contribution is 5.77. The van der Waals surface area contributed by atoms with Crippen LogP contribution in [0, 0.1) is 11.6 Å². The van der Waals surface area contributed by atoms with Crippen LogP contribution in [0.25, 0.3) is 0 Å². The van der Waals surface area contributed by atoms with E-state index >= 15 is 0 Å². The molecule has 16 heavy (non-hydrogen) atoms. The van der Waals surface area contributed by atoms with Crippen molar-refractivity contribution in [2.75, 3.05) is 5.32 Å². The van der Waals surface area contributed by atoms with E-state index < -0.39 is 23.6 Å². The largest absolute Gasteiger partial charge is 0.480 e. The summed E-state index contributed by atoms with van der Waals surface area (Å²) in [7, 11) is 0. The van der Waals surface area contributed by atoms with Gasteiger partial charge in [0.25, 0.3) is 0 Å². The predicted molar refractivity (Wildman–Crippen MR) is 56.3 cm³/mol. The fraction of sp³-hybridized carbons (Fsp3) is 0.364. The summed E-state index contributed by atoms with van der Waals surface area (Å²) in [4.78, 5) is 10.8. The van der Waals surface area contributed by atoms with Crippen LogP contribution in [0.4, 0.5) is 14.5 Å². The summed E-state index contributed by atoms with van der Waals surface area (Å²) in [5, 5.41) is 11.2. The van der Waals surface area contributed by atoms with Crippen molar-refractivity contribution in [3.63, 3.8) is 0 Å². The highest BCUT2D eigenvalue weighted by Gasteiger charge is 2.19. The van der Waals surface area contributed by atoms with E-state index in [4.69, 9.17) is 5.11 Å². The molecule has 0 heterocycles. The average Bonchev–Trinajstić information content (AvgIpc) is 2.21. The summed E-state index contributed by atoms with van der Waals surface area (Å²) >= 11 is 0. The Labute approximate surface area is 92.1 Å². The second-order valence-electron chi connectivity index (χ2n) is 3.42. The van der Waals surface area contributed by atoms with Crippen molar-refractivity contribution in [2.45, 2.75) is 25.8 Å². The van der Waals surface area contributed by atoms with Gasteiger partial charge in [-0.05, 0) is 18.6 Å². The zero-order valence-corrected chi connectivity index (χ0v) is 8.84. The molecule has 0 spiro atoms. The number of hydrogen-bond acceptors (Lipinski definition) is 2. The minimum absolute atomic E-state index is 0.309. The minimum Gasteiger partial charge on any atom is -0.480 e. The van der Waals surface area contributed by atoms with E-state index in [0.717, 1.165) is 12.1 Å². The van der Waals surface area contributed by atoms with Crippen molar-refractivity contribution in [2.24, 2.45) is 0 Å². The first-order valence-electron chi connectivity index (χ1n) is 4.99. The van der Waals surface area contributed by atoms with Gasteiger partial charge in [-0.1, -0.05) is 19.4 Å². The van der Waals surface area contributed by atoms with Crippen molar-refractivity contribution >= 4 is 11.7 Å². The van der Waals surface area contributed by atoms with Crippen LogP contribution in [0.3, 0.4) is 0 Å². The first-order chi connectivity index (χ1) is 7.56. The molecule has 0 aromatic heterocycles. The average molecular weight is 229 g/mol. The fourth-order valence-electron chi connectivity index (χ4n) is 1.36. The van der Waals surface area contributed by atoms with E-state index in [1.165, 1.54) is 6.07 Å². The molecule has 3 nitrogen and oxygen atoms in total. The van der Waals surface area contributed by atoms with Crippen LogP contribution in [0.15, 0.2) is 18.2 Å². The Morgan fingerprint density at radius 1 is 1.44 bits per heavy atom. The molecule has 1 aromatic carbocycles. The molecule has 0 radical (unpaired) electrons. The van der Waals surface area contributed by atoms with Gasteiger partial charge in [0.05, 0.1) is 0 Å². The lowest BCUT2D eigenvalue weighted by molar-refractivity contribution is -0.138. The van der Waals surface area contributed by atoms with Gasteiger partial charge in [0.1, 0.15) is 23.4 Å². The standard InChI is InChI=1S/C11H13F2NO2/c1-2-4-9(11(15)16)14-10-7(12)5-3-6-8(10)13/h3,5-6,9,14H,2,4H2,1H3,(H,15,16). The topological polar surface area (TPSA) is 49.3 Å². The monoisotopic (exact) mass is 229 g/mol. The number of benzene rings is 1. The number of para-hydroxylation sites is 1. The molecule has 0 saturated heterocycles. The highest BCUT2D eigenvalue weighted by atomic mass is 19.1. The Bertz CT molecular complexity index is 362. The quantitative estimate of drug-likeness (QED) is 0.816. The molecule has 0 aliphatic carbocycles. The summed E-state index contributed by atoms with van der Waals surface area (Å²) in [6.45, 7) is 1.80. The van der Waals surface area contributed by atoms with Crippen LogP contribution in [0.1, 0.15) is 19.8 Å². The van der Waals surface area contributed by atoms with E-state index in [9.17, 15) is 13.6 Å². The number of nitrogens with one attached hydrogen (secondary N) is 1. The smallest absolute Gasteiger partial charge is 0.326 e. The Balaban J connectivity index is 2.89. The van der Waals surface area contributed by atoms with Gasteiger partial charge in [0.15, 0.2) is 0 Å². The number of rotatable bonds is 5. The molecule has 1 atom stereocenters. The van der Waals surface area contributed by atoms with Crippen LogP contribution >= 0.6 is 0 Å². The summed E-state index contributed by atoms with van der Waals surface area (Å²) in [5.41, 5.74) is -0.386. The summed E-state index contributed by atoms with van der Waals surface area (Å²) < 4.78 is 26.4. The summed E-state index contributed by atoms with van der Waals surface area (Å²) in [6.07, 6.45) is 0.920. The predicted octanol–water partition coefficient (Wildman–Crippen LogP) is 2.63. The first-order valence-corrected chi connectivity index (χ1v) is 4.99. The molecule has 2 N–H and O–H groups in total. The number of anilines is 1. The number of carbonyl (C=O) groups is 1. The molecule has 5 heteroatoms. The highest BCUT2D eigenvalue weighted by Crippen LogP contribution is 2.20. The fourth-order valence-corrected chi connectivity index (χ4v) is 1.36. The molecular formula is C11H13F2NO2. The molecule has 0 amide bonds. The molecule has 1 unspecified atom stereocenters. The molecule has 88 valence electrons. The molecule has 1 rings (SSSR count). The van der Waals surface area contributed by atoms with E-state index in [2.05, 4.69) is 5.32 Å². The zero-order valence-electron chi connectivity index (χ0n) is 8.84. The third kappa shape index (κ3) is 2.92. The Morgan fingerprint density at radius 3 is 2.44 bits per heavy atom. The minimum atomic E-state index is -1.12. The molecule has 0 saturated carbocycles. The van der Waals surface area contributed by atoms with Crippen LogP contribution in [-0.2, 0) is 4.79 Å². The molecule has 0 aliphatic rings. The lowest BCUT2D eigenvalue weighted by Crippen LogP contribution is -2.29. The van der Waals surface area contributed by atoms with Gasteiger partial charge < -0.3 is 10.4 Å². The van der Waals surface area contributed by atoms with E-state index in [1.807, 2.05) is 0 Å². The number of halogens is 2. The maximum absolute atomic E-state index is 13.2. The van der Waals surface area contributed by atoms with Crippen LogP contribution < -0.4 is 5.32 Å². The molecule has 1 aromatic rings. The number of hydrogen-bond donors (Lipinski definition) is 2. The van der Waals surface area contributed by atoms with E-state index in [-0.39, 0.29) is 5.69 Å². The van der Waals surface area contributed by atoms with Crippen molar-refractivity contribution in [1.29, 1.82) is 0 Å². The van der Waals surface area contributed by atoms with Crippen molar-refractivity contribution < 1.29 is 18.7 Å². The van der Waals surface area contributed by atoms with Gasteiger partial charge in [0.2, 0.25) is 0 Å². The number of aliphatic carboxylic acids is 1. The van der Waals surface area contributed by atoms with E-state index in [0.29, 0.717) is 12.8 Å². The second-order valence-corrected chi connectivity index (χ2v) is 3.42. The molecular weight excluding hydrogens is 216 g/mol. The van der Waals surface area contributed by atoms with Crippen LogP contribution in [0.2, 0.25) is 0 Å².